The largest absolute Gasteiger partial charge is 0.299 e. The third kappa shape index (κ3) is 9.32. The number of unbranched alkanes of at least 4 members (excludes halogenated alkanes) is 3. The Morgan fingerprint density at radius 2 is 1.85 bits per heavy atom. The van der Waals surface area contributed by atoms with Crippen LogP contribution in [-0.4, -0.2) is 5.78 Å². The van der Waals surface area contributed by atoms with Gasteiger partial charge in [0.25, 0.3) is 0 Å². The highest BCUT2D eigenvalue weighted by molar-refractivity contribution is 5.79. The molecule has 0 aromatic heterocycles. The van der Waals surface area contributed by atoms with E-state index in [0.29, 0.717) is 12.2 Å². The number of Topliss-reactive ketones (excluding diaryl/α,β-unsaturated/α-hetero) is 1. The molecule has 0 unspecified atom stereocenters. The molecule has 0 bridgehead atoms. The van der Waals surface area contributed by atoms with Gasteiger partial charge < -0.3 is 0 Å². The summed E-state index contributed by atoms with van der Waals surface area (Å²) < 4.78 is 0. The fourth-order valence-corrected chi connectivity index (χ4v) is 1.17. The minimum atomic E-state index is 0.386. The van der Waals surface area contributed by atoms with Crippen LogP contribution in [0, 0.1) is 0 Å². The van der Waals surface area contributed by atoms with Crippen molar-refractivity contribution in [1.29, 1.82) is 0 Å². The summed E-state index contributed by atoms with van der Waals surface area (Å²) in [5, 5.41) is 0. The SMILES string of the molecule is CCCCCCC(=O)CC=C(C)C. The number of allylic oxidation sites excluding steroid dienone is 2. The minimum Gasteiger partial charge on any atom is -0.299 e. The first-order valence-electron chi connectivity index (χ1n) is 5.32. The van der Waals surface area contributed by atoms with E-state index in [1.807, 2.05) is 19.9 Å². The normalized spacial score (nSPS) is 9.77. The van der Waals surface area contributed by atoms with Crippen LogP contribution in [0.15, 0.2) is 11.6 Å². The Morgan fingerprint density at radius 3 is 2.38 bits per heavy atom. The number of carbonyl (C=O) groups is 1. The maximum Gasteiger partial charge on any atom is 0.136 e. The summed E-state index contributed by atoms with van der Waals surface area (Å²) in [6.45, 7) is 6.25. The second kappa shape index (κ2) is 8.03. The second-order valence-electron chi connectivity index (χ2n) is 3.83. The molecule has 0 fully saturated rings. The van der Waals surface area contributed by atoms with E-state index >= 15 is 0 Å². The van der Waals surface area contributed by atoms with Gasteiger partial charge >= 0.3 is 0 Å². The summed E-state index contributed by atoms with van der Waals surface area (Å²) in [6.07, 6.45) is 8.19. The van der Waals surface area contributed by atoms with Crippen molar-refractivity contribution in [2.24, 2.45) is 0 Å². The second-order valence-corrected chi connectivity index (χ2v) is 3.83. The number of hydrogen-bond acceptors (Lipinski definition) is 1. The van der Waals surface area contributed by atoms with Crippen molar-refractivity contribution in [2.45, 2.75) is 59.3 Å². The predicted molar refractivity (Wildman–Crippen MR) is 57.8 cm³/mol. The molecular formula is C12H22O. The van der Waals surface area contributed by atoms with Gasteiger partial charge in [-0.2, -0.15) is 0 Å². The quantitative estimate of drug-likeness (QED) is 0.431. The molecule has 0 N–H and O–H groups in total. The van der Waals surface area contributed by atoms with Crippen LogP contribution >= 0.6 is 0 Å². The number of carbonyl (C=O) groups excluding carboxylic acids is 1. The Bertz CT molecular complexity index is 164. The summed E-state index contributed by atoms with van der Waals surface area (Å²) >= 11 is 0. The van der Waals surface area contributed by atoms with E-state index in [9.17, 15) is 4.79 Å². The maximum atomic E-state index is 11.3. The van der Waals surface area contributed by atoms with Gasteiger partial charge in [0, 0.05) is 12.8 Å². The standard InChI is InChI=1S/C12H22O/c1-4-5-6-7-8-12(13)10-9-11(2)3/h9H,4-8,10H2,1-3H3. The summed E-state index contributed by atoms with van der Waals surface area (Å²) in [7, 11) is 0. The Balaban J connectivity index is 3.36. The van der Waals surface area contributed by atoms with Crippen molar-refractivity contribution >= 4 is 5.78 Å². The fourth-order valence-electron chi connectivity index (χ4n) is 1.17. The van der Waals surface area contributed by atoms with E-state index in [2.05, 4.69) is 6.92 Å². The van der Waals surface area contributed by atoms with Gasteiger partial charge in [-0.3, -0.25) is 4.79 Å². The van der Waals surface area contributed by atoms with Gasteiger partial charge in [0.1, 0.15) is 5.78 Å². The van der Waals surface area contributed by atoms with Crippen LogP contribution in [0.1, 0.15) is 59.3 Å². The first-order valence-corrected chi connectivity index (χ1v) is 5.32. The van der Waals surface area contributed by atoms with Gasteiger partial charge in [0.2, 0.25) is 0 Å². The molecule has 0 aliphatic heterocycles. The molecule has 0 spiro atoms. The molecule has 0 saturated heterocycles. The van der Waals surface area contributed by atoms with Crippen LogP contribution < -0.4 is 0 Å². The van der Waals surface area contributed by atoms with Crippen molar-refractivity contribution in [2.75, 3.05) is 0 Å². The molecule has 1 heteroatoms. The molecule has 1 nitrogen and oxygen atoms in total. The lowest BCUT2D eigenvalue weighted by molar-refractivity contribution is -0.118. The highest BCUT2D eigenvalue weighted by Crippen LogP contribution is 2.05. The molecule has 0 atom stereocenters. The summed E-state index contributed by atoms with van der Waals surface area (Å²) in [5.74, 6) is 0.386. The molecule has 0 aliphatic carbocycles. The molecule has 0 rings (SSSR count). The molecule has 0 amide bonds. The molecule has 0 aromatic carbocycles. The Morgan fingerprint density at radius 1 is 1.15 bits per heavy atom. The third-order valence-corrected chi connectivity index (χ3v) is 2.05. The van der Waals surface area contributed by atoms with E-state index in [0.717, 1.165) is 12.8 Å². The van der Waals surface area contributed by atoms with Crippen LogP contribution in [0.5, 0.6) is 0 Å². The van der Waals surface area contributed by atoms with Gasteiger partial charge in [0.15, 0.2) is 0 Å². The van der Waals surface area contributed by atoms with Crippen molar-refractivity contribution in [1.82, 2.24) is 0 Å². The molecule has 76 valence electrons. The molecule has 0 saturated carbocycles. The Labute approximate surface area is 82.2 Å². The summed E-state index contributed by atoms with van der Waals surface area (Å²) in [6, 6.07) is 0. The lowest BCUT2D eigenvalue weighted by Crippen LogP contribution is -1.95. The van der Waals surface area contributed by atoms with Crippen molar-refractivity contribution in [3.8, 4) is 0 Å². The van der Waals surface area contributed by atoms with Crippen LogP contribution in [0.4, 0.5) is 0 Å². The Kier molecular flexibility index (Phi) is 7.66. The smallest absolute Gasteiger partial charge is 0.136 e. The van der Waals surface area contributed by atoms with E-state index in [4.69, 9.17) is 0 Å². The van der Waals surface area contributed by atoms with Crippen LogP contribution in [-0.2, 0) is 4.79 Å². The van der Waals surface area contributed by atoms with E-state index in [1.165, 1.54) is 24.8 Å². The highest BCUT2D eigenvalue weighted by Gasteiger charge is 1.98. The number of ketones is 1. The minimum absolute atomic E-state index is 0.386. The van der Waals surface area contributed by atoms with Gasteiger partial charge in [-0.25, -0.2) is 0 Å². The van der Waals surface area contributed by atoms with Crippen molar-refractivity contribution < 1.29 is 4.79 Å². The number of rotatable bonds is 7. The zero-order valence-electron chi connectivity index (χ0n) is 9.23. The monoisotopic (exact) mass is 182 g/mol. The number of hydrogen-bond donors (Lipinski definition) is 0. The predicted octanol–water partition coefficient (Wildman–Crippen LogP) is 3.88. The zero-order chi connectivity index (χ0) is 10.1. The van der Waals surface area contributed by atoms with Crippen LogP contribution in [0.25, 0.3) is 0 Å². The molecule has 0 heterocycles. The van der Waals surface area contributed by atoms with Gasteiger partial charge in [-0.05, 0) is 20.3 Å². The molecule has 0 aromatic rings. The lowest BCUT2D eigenvalue weighted by Gasteiger charge is -1.97. The van der Waals surface area contributed by atoms with Gasteiger partial charge in [0.05, 0.1) is 0 Å². The van der Waals surface area contributed by atoms with E-state index in [1.54, 1.807) is 0 Å². The van der Waals surface area contributed by atoms with E-state index in [-0.39, 0.29) is 0 Å². The first-order chi connectivity index (χ1) is 6.16. The molecular weight excluding hydrogens is 160 g/mol. The first kappa shape index (κ1) is 12.4. The molecule has 0 aliphatic rings. The van der Waals surface area contributed by atoms with Crippen LogP contribution in [0.3, 0.4) is 0 Å². The Hall–Kier alpha value is -0.590. The van der Waals surface area contributed by atoms with Crippen LogP contribution in [0.2, 0.25) is 0 Å². The maximum absolute atomic E-state index is 11.3. The average molecular weight is 182 g/mol. The third-order valence-electron chi connectivity index (χ3n) is 2.05. The fraction of sp³-hybridized carbons (Fsp3) is 0.750. The average Bonchev–Trinajstić information content (AvgIpc) is 2.09. The van der Waals surface area contributed by atoms with Crippen molar-refractivity contribution in [3.05, 3.63) is 11.6 Å². The zero-order valence-corrected chi connectivity index (χ0v) is 9.23. The van der Waals surface area contributed by atoms with Gasteiger partial charge in [-0.15, -0.1) is 0 Å². The van der Waals surface area contributed by atoms with E-state index < -0.39 is 0 Å². The molecule has 13 heavy (non-hydrogen) atoms. The van der Waals surface area contributed by atoms with Crippen molar-refractivity contribution in [3.63, 3.8) is 0 Å². The van der Waals surface area contributed by atoms with Gasteiger partial charge in [-0.1, -0.05) is 37.8 Å². The molecule has 0 radical (unpaired) electrons. The highest BCUT2D eigenvalue weighted by atomic mass is 16.1. The summed E-state index contributed by atoms with van der Waals surface area (Å²) in [5.41, 5.74) is 1.24. The summed E-state index contributed by atoms with van der Waals surface area (Å²) in [4.78, 5) is 11.3. The topological polar surface area (TPSA) is 17.1 Å². The lowest BCUT2D eigenvalue weighted by atomic mass is 10.1.